The lowest BCUT2D eigenvalue weighted by molar-refractivity contribution is 0.201. The van der Waals surface area contributed by atoms with E-state index in [0.717, 1.165) is 6.33 Å². The lowest BCUT2D eigenvalue weighted by atomic mass is 10.5. The van der Waals surface area contributed by atoms with E-state index in [1.54, 1.807) is 0 Å². The van der Waals surface area contributed by atoms with Gasteiger partial charge in [-0.05, 0) is 6.07 Å². The zero-order valence-electron chi connectivity index (χ0n) is 6.56. The molecule has 0 unspecified atom stereocenters. The molecule has 0 atom stereocenters. The molecule has 0 aliphatic rings. The van der Waals surface area contributed by atoms with Crippen LogP contribution in [0.2, 0.25) is 0 Å². The molecule has 0 aliphatic heterocycles. The Morgan fingerprint density at radius 2 is 2.14 bits per heavy atom. The normalized spacial score (nSPS) is 11.1. The third kappa shape index (κ3) is 2.60. The maximum atomic E-state index is 10.8. The van der Waals surface area contributed by atoms with Crippen molar-refractivity contribution in [3.63, 3.8) is 0 Å². The molecule has 0 saturated carbocycles. The zero-order valence-corrected chi connectivity index (χ0v) is 8.83. The largest absolute Gasteiger partial charge is 0.465 e. The molecule has 1 aromatic rings. The fraction of sp³-hybridized carbons (Fsp3) is 0.167. The molecule has 76 valence electrons. The summed E-state index contributed by atoms with van der Waals surface area (Å²) in [6.45, 7) is 0. The molecule has 1 amide bonds. The summed E-state index contributed by atoms with van der Waals surface area (Å²) in [5.41, 5.74) is 0. The average molecular weight is 256 g/mol. The van der Waals surface area contributed by atoms with Crippen LogP contribution in [0.15, 0.2) is 18.6 Å². The molecule has 0 saturated heterocycles. The Balaban J connectivity index is 3.08. The van der Waals surface area contributed by atoms with Gasteiger partial charge in [0.15, 0.2) is 0 Å². The van der Waals surface area contributed by atoms with E-state index in [4.69, 9.17) is 39.9 Å². The molecule has 0 bridgehead atoms. The van der Waals surface area contributed by atoms with Crippen LogP contribution in [0.1, 0.15) is 0 Å². The van der Waals surface area contributed by atoms with Gasteiger partial charge in [-0.1, -0.05) is 34.8 Å². The molecular formula is C6H4Cl3N3O2. The summed E-state index contributed by atoms with van der Waals surface area (Å²) in [6.07, 6.45) is 1.08. The van der Waals surface area contributed by atoms with Crippen LogP contribution in [0.4, 0.5) is 10.6 Å². The van der Waals surface area contributed by atoms with E-state index in [0.29, 0.717) is 4.90 Å². The maximum Gasteiger partial charge on any atom is 0.416 e. The predicted octanol–water partition coefficient (Wildman–Crippen LogP) is 2.29. The van der Waals surface area contributed by atoms with Crippen LogP contribution in [0.5, 0.6) is 0 Å². The minimum absolute atomic E-state index is 0.00694. The molecule has 1 aromatic heterocycles. The van der Waals surface area contributed by atoms with Crippen molar-refractivity contribution in [3.05, 3.63) is 18.6 Å². The van der Waals surface area contributed by atoms with Crippen LogP contribution in [0.3, 0.4) is 0 Å². The summed E-state index contributed by atoms with van der Waals surface area (Å²) in [7, 11) is 0. The smallest absolute Gasteiger partial charge is 0.416 e. The third-order valence-corrected chi connectivity index (χ3v) is 1.75. The second-order valence-corrected chi connectivity index (χ2v) is 4.37. The van der Waals surface area contributed by atoms with Gasteiger partial charge in [0.2, 0.25) is 0 Å². The van der Waals surface area contributed by atoms with Crippen molar-refractivity contribution in [1.82, 2.24) is 9.97 Å². The first-order chi connectivity index (χ1) is 6.43. The minimum Gasteiger partial charge on any atom is -0.465 e. The van der Waals surface area contributed by atoms with E-state index in [1.807, 2.05) is 0 Å². The number of alkyl halides is 3. The van der Waals surface area contributed by atoms with E-state index in [2.05, 4.69) is 9.97 Å². The van der Waals surface area contributed by atoms with Crippen LogP contribution < -0.4 is 4.90 Å². The molecule has 14 heavy (non-hydrogen) atoms. The van der Waals surface area contributed by atoms with Crippen LogP contribution in [-0.4, -0.2) is 25.1 Å². The maximum absolute atomic E-state index is 10.8. The molecule has 0 aliphatic carbocycles. The van der Waals surface area contributed by atoms with E-state index in [1.165, 1.54) is 12.3 Å². The second kappa shape index (κ2) is 4.16. The number of halogens is 3. The molecule has 0 radical (unpaired) electrons. The zero-order chi connectivity index (χ0) is 10.8. The molecule has 0 aromatic carbocycles. The fourth-order valence-corrected chi connectivity index (χ4v) is 1.23. The van der Waals surface area contributed by atoms with Crippen LogP contribution in [0.25, 0.3) is 0 Å². The van der Waals surface area contributed by atoms with Crippen LogP contribution >= 0.6 is 34.8 Å². The van der Waals surface area contributed by atoms with Gasteiger partial charge in [0.25, 0.3) is 3.92 Å². The highest BCUT2D eigenvalue weighted by Crippen LogP contribution is 2.33. The number of aromatic nitrogens is 2. The Hall–Kier alpha value is -0.780. The van der Waals surface area contributed by atoms with Crippen molar-refractivity contribution < 1.29 is 9.90 Å². The van der Waals surface area contributed by atoms with E-state index in [-0.39, 0.29) is 5.82 Å². The van der Waals surface area contributed by atoms with E-state index >= 15 is 0 Å². The standard InChI is InChI=1S/C6H4Cl3N3O2/c7-6(8,9)12(5(13)14)4-1-2-10-3-11-4/h1-3H,(H,13,14). The Labute approximate surface area is 94.2 Å². The van der Waals surface area contributed by atoms with Gasteiger partial charge < -0.3 is 5.11 Å². The van der Waals surface area contributed by atoms with E-state index < -0.39 is 10.0 Å². The summed E-state index contributed by atoms with van der Waals surface area (Å²) in [6, 6.07) is 1.32. The number of carboxylic acid groups (broad SMARTS) is 1. The number of carbonyl (C=O) groups is 1. The average Bonchev–Trinajstić information content (AvgIpc) is 2.02. The molecule has 5 nitrogen and oxygen atoms in total. The van der Waals surface area contributed by atoms with Gasteiger partial charge in [-0.2, -0.15) is 0 Å². The van der Waals surface area contributed by atoms with Gasteiger partial charge in [-0.3, -0.25) is 0 Å². The van der Waals surface area contributed by atoms with Crippen molar-refractivity contribution in [3.8, 4) is 0 Å². The Morgan fingerprint density at radius 1 is 1.50 bits per heavy atom. The Kier molecular flexibility index (Phi) is 3.36. The summed E-state index contributed by atoms with van der Waals surface area (Å²) >= 11 is 16.3. The highest BCUT2D eigenvalue weighted by molar-refractivity contribution is 6.69. The summed E-state index contributed by atoms with van der Waals surface area (Å²) in [5, 5.41) is 8.77. The molecular weight excluding hydrogens is 252 g/mol. The number of amides is 1. The molecule has 1 rings (SSSR count). The Bertz CT molecular complexity index is 327. The second-order valence-electron chi connectivity index (χ2n) is 2.15. The molecule has 1 heterocycles. The lowest BCUT2D eigenvalue weighted by Crippen LogP contribution is -2.40. The molecule has 8 heteroatoms. The number of rotatable bonds is 1. The van der Waals surface area contributed by atoms with E-state index in [9.17, 15) is 4.79 Å². The first-order valence-corrected chi connectivity index (χ1v) is 4.42. The van der Waals surface area contributed by atoms with Gasteiger partial charge in [0.1, 0.15) is 12.1 Å². The van der Waals surface area contributed by atoms with Crippen LogP contribution in [-0.2, 0) is 0 Å². The minimum atomic E-state index is -2.10. The van der Waals surface area contributed by atoms with Crippen molar-refractivity contribution in [1.29, 1.82) is 0 Å². The molecule has 0 fully saturated rings. The van der Waals surface area contributed by atoms with Crippen molar-refractivity contribution in [2.75, 3.05) is 4.90 Å². The van der Waals surface area contributed by atoms with Gasteiger partial charge in [-0.15, -0.1) is 0 Å². The number of nitrogens with zero attached hydrogens (tertiary/aromatic N) is 3. The van der Waals surface area contributed by atoms with Crippen molar-refractivity contribution in [2.45, 2.75) is 3.92 Å². The highest BCUT2D eigenvalue weighted by Gasteiger charge is 2.36. The summed E-state index contributed by atoms with van der Waals surface area (Å²) in [4.78, 5) is 18.5. The number of hydrogen-bond acceptors (Lipinski definition) is 3. The third-order valence-electron chi connectivity index (χ3n) is 1.24. The number of anilines is 1. The Morgan fingerprint density at radius 3 is 2.50 bits per heavy atom. The first-order valence-electron chi connectivity index (χ1n) is 3.29. The number of hydrogen-bond donors (Lipinski definition) is 1. The van der Waals surface area contributed by atoms with Crippen molar-refractivity contribution in [2.24, 2.45) is 0 Å². The quantitative estimate of drug-likeness (QED) is 0.618. The van der Waals surface area contributed by atoms with Gasteiger partial charge in [-0.25, -0.2) is 19.7 Å². The summed E-state index contributed by atoms with van der Waals surface area (Å²) in [5.74, 6) is -0.00694. The van der Waals surface area contributed by atoms with Gasteiger partial charge in [0, 0.05) is 6.20 Å². The van der Waals surface area contributed by atoms with Crippen LogP contribution in [0, 0.1) is 0 Å². The first kappa shape index (κ1) is 11.3. The highest BCUT2D eigenvalue weighted by atomic mass is 35.6. The predicted molar refractivity (Wildman–Crippen MR) is 52.8 cm³/mol. The van der Waals surface area contributed by atoms with Gasteiger partial charge in [0.05, 0.1) is 0 Å². The molecule has 0 spiro atoms. The fourth-order valence-electron chi connectivity index (χ4n) is 0.752. The van der Waals surface area contributed by atoms with Crippen molar-refractivity contribution >= 4 is 46.7 Å². The topological polar surface area (TPSA) is 66.3 Å². The van der Waals surface area contributed by atoms with Gasteiger partial charge >= 0.3 is 6.09 Å². The monoisotopic (exact) mass is 255 g/mol. The lowest BCUT2D eigenvalue weighted by Gasteiger charge is -2.24. The molecule has 1 N–H and O–H groups in total. The SMILES string of the molecule is O=C(O)N(c1ccncn1)C(Cl)(Cl)Cl. The summed E-state index contributed by atoms with van der Waals surface area (Å²) < 4.78 is -2.10.